The van der Waals surface area contributed by atoms with Crippen LogP contribution in [0.4, 0.5) is 0 Å². The first kappa shape index (κ1) is 15.4. The number of benzene rings is 1. The number of fused-ring (bicyclic) bond motifs is 1. The molecular formula is C17H19N3O3. The summed E-state index contributed by atoms with van der Waals surface area (Å²) < 4.78 is 10.9. The highest BCUT2D eigenvalue weighted by Gasteiger charge is 2.26. The zero-order valence-corrected chi connectivity index (χ0v) is 13.0. The van der Waals surface area contributed by atoms with Crippen molar-refractivity contribution >= 4 is 5.91 Å². The fourth-order valence-corrected chi connectivity index (χ4v) is 2.63. The first-order chi connectivity index (χ1) is 11.3. The van der Waals surface area contributed by atoms with E-state index < -0.39 is 0 Å². The van der Waals surface area contributed by atoms with Crippen molar-refractivity contribution in [2.24, 2.45) is 0 Å². The normalized spacial score (nSPS) is 15.8. The van der Waals surface area contributed by atoms with Crippen LogP contribution in [0.2, 0.25) is 0 Å². The molecule has 0 bridgehead atoms. The van der Waals surface area contributed by atoms with E-state index in [0.29, 0.717) is 19.6 Å². The van der Waals surface area contributed by atoms with Gasteiger partial charge in [-0.25, -0.2) is 9.97 Å². The molecule has 0 fully saturated rings. The Morgan fingerprint density at radius 3 is 3.00 bits per heavy atom. The number of methoxy groups -OCH3 is 1. The number of rotatable bonds is 6. The highest BCUT2D eigenvalue weighted by Crippen LogP contribution is 2.38. The number of hydrogen-bond acceptors (Lipinski definition) is 5. The van der Waals surface area contributed by atoms with E-state index in [1.807, 2.05) is 12.1 Å². The van der Waals surface area contributed by atoms with E-state index in [1.54, 1.807) is 19.5 Å². The van der Waals surface area contributed by atoms with Crippen molar-refractivity contribution in [2.75, 3.05) is 20.3 Å². The van der Waals surface area contributed by atoms with Crippen LogP contribution in [0.15, 0.2) is 36.9 Å². The molecule has 2 aromatic rings. The average Bonchev–Trinajstić information content (AvgIpc) is 3.02. The lowest BCUT2D eigenvalue weighted by atomic mass is 10.0. The van der Waals surface area contributed by atoms with Crippen molar-refractivity contribution < 1.29 is 14.3 Å². The number of nitrogens with one attached hydrogen (secondary N) is 1. The number of nitrogens with zero attached hydrogens (tertiary/aromatic N) is 2. The van der Waals surface area contributed by atoms with Gasteiger partial charge in [0.1, 0.15) is 18.2 Å². The van der Waals surface area contributed by atoms with Crippen molar-refractivity contribution in [3.05, 3.63) is 42.5 Å². The second-order valence-electron chi connectivity index (χ2n) is 5.41. The molecule has 6 nitrogen and oxygen atoms in total. The lowest BCUT2D eigenvalue weighted by molar-refractivity contribution is -0.122. The van der Waals surface area contributed by atoms with E-state index >= 15 is 0 Å². The predicted octanol–water partition coefficient (Wildman–Crippen LogP) is 1.60. The van der Waals surface area contributed by atoms with Gasteiger partial charge in [-0.2, -0.15) is 0 Å². The molecule has 6 heteroatoms. The smallest absolute Gasteiger partial charge is 0.222 e. The third-order valence-electron chi connectivity index (χ3n) is 3.76. The molecule has 0 radical (unpaired) electrons. The van der Waals surface area contributed by atoms with Gasteiger partial charge < -0.3 is 14.8 Å². The van der Waals surface area contributed by atoms with Gasteiger partial charge in [0.15, 0.2) is 0 Å². The van der Waals surface area contributed by atoms with Gasteiger partial charge in [-0.15, -0.1) is 0 Å². The van der Waals surface area contributed by atoms with Crippen LogP contribution >= 0.6 is 0 Å². The zero-order valence-electron chi connectivity index (χ0n) is 13.0. The van der Waals surface area contributed by atoms with Crippen LogP contribution in [0.3, 0.4) is 0 Å². The molecule has 1 unspecified atom stereocenters. The van der Waals surface area contributed by atoms with Crippen LogP contribution in [0.25, 0.3) is 11.1 Å². The van der Waals surface area contributed by atoms with Crippen molar-refractivity contribution in [1.82, 2.24) is 15.3 Å². The van der Waals surface area contributed by atoms with Crippen LogP contribution in [0, 0.1) is 0 Å². The quantitative estimate of drug-likeness (QED) is 0.877. The second kappa shape index (κ2) is 7.19. The molecule has 1 N–H and O–H groups in total. The molecule has 0 saturated heterocycles. The molecule has 0 spiro atoms. The Bertz CT molecular complexity index is 676. The van der Waals surface area contributed by atoms with Crippen LogP contribution in [0.1, 0.15) is 12.0 Å². The van der Waals surface area contributed by atoms with E-state index in [1.165, 1.54) is 6.33 Å². The predicted molar refractivity (Wildman–Crippen MR) is 85.1 cm³/mol. The molecule has 1 aromatic carbocycles. The van der Waals surface area contributed by atoms with Gasteiger partial charge in [0.25, 0.3) is 0 Å². The number of hydrogen-bond donors (Lipinski definition) is 1. The third kappa shape index (κ3) is 3.65. The lowest BCUT2D eigenvalue weighted by Gasteiger charge is -2.13. The molecule has 1 atom stereocenters. The number of aromatic nitrogens is 2. The van der Waals surface area contributed by atoms with E-state index in [0.717, 1.165) is 28.9 Å². The molecule has 1 aliphatic rings. The minimum atomic E-state index is -0.0534. The number of amides is 1. The first-order valence-corrected chi connectivity index (χ1v) is 7.57. The largest absolute Gasteiger partial charge is 0.487 e. The Morgan fingerprint density at radius 2 is 2.22 bits per heavy atom. The number of ether oxygens (including phenoxy) is 2. The van der Waals surface area contributed by atoms with E-state index in [4.69, 9.17) is 9.47 Å². The Morgan fingerprint density at radius 1 is 1.39 bits per heavy atom. The summed E-state index contributed by atoms with van der Waals surface area (Å²) in [6.45, 7) is 0.914. The average molecular weight is 313 g/mol. The second-order valence-corrected chi connectivity index (χ2v) is 5.41. The summed E-state index contributed by atoms with van der Waals surface area (Å²) in [6, 6.07) is 6.05. The highest BCUT2D eigenvalue weighted by molar-refractivity contribution is 5.76. The maximum Gasteiger partial charge on any atom is 0.222 e. The molecule has 1 aromatic heterocycles. The SMILES string of the molecule is COCCC(=O)NCC1Cc2cccc(-c3cncnc3)c2O1. The lowest BCUT2D eigenvalue weighted by Crippen LogP contribution is -2.34. The Labute approximate surface area is 134 Å². The van der Waals surface area contributed by atoms with E-state index in [-0.39, 0.29) is 12.0 Å². The van der Waals surface area contributed by atoms with Crippen molar-refractivity contribution in [3.8, 4) is 16.9 Å². The summed E-state index contributed by atoms with van der Waals surface area (Å²) in [5, 5.41) is 2.88. The van der Waals surface area contributed by atoms with Crippen LogP contribution in [-0.2, 0) is 16.0 Å². The monoisotopic (exact) mass is 313 g/mol. The molecule has 1 amide bonds. The van der Waals surface area contributed by atoms with Gasteiger partial charge in [0.2, 0.25) is 5.91 Å². The summed E-state index contributed by atoms with van der Waals surface area (Å²) in [5.41, 5.74) is 3.05. The summed E-state index contributed by atoms with van der Waals surface area (Å²) in [6.07, 6.45) is 6.13. The molecule has 3 rings (SSSR count). The van der Waals surface area contributed by atoms with Crippen molar-refractivity contribution in [1.29, 1.82) is 0 Å². The summed E-state index contributed by atoms with van der Waals surface area (Å²) in [4.78, 5) is 19.8. The standard InChI is InChI=1S/C17H19N3O3/c1-22-6-5-16(21)20-10-14-7-12-3-2-4-15(17(12)23-14)13-8-18-11-19-9-13/h2-4,8-9,11,14H,5-7,10H2,1H3,(H,20,21). The Kier molecular flexibility index (Phi) is 4.83. The summed E-state index contributed by atoms with van der Waals surface area (Å²) in [7, 11) is 1.58. The summed E-state index contributed by atoms with van der Waals surface area (Å²) in [5.74, 6) is 0.835. The van der Waals surface area contributed by atoms with Gasteiger partial charge in [-0.1, -0.05) is 18.2 Å². The molecule has 120 valence electrons. The molecule has 0 aliphatic carbocycles. The third-order valence-corrected chi connectivity index (χ3v) is 3.76. The van der Waals surface area contributed by atoms with E-state index in [2.05, 4.69) is 21.4 Å². The van der Waals surface area contributed by atoms with Gasteiger partial charge in [0.05, 0.1) is 13.2 Å². The van der Waals surface area contributed by atoms with Crippen LogP contribution in [0.5, 0.6) is 5.75 Å². The van der Waals surface area contributed by atoms with Gasteiger partial charge in [-0.05, 0) is 5.56 Å². The molecule has 23 heavy (non-hydrogen) atoms. The number of para-hydroxylation sites is 1. The number of carbonyl (C=O) groups is 1. The molecule has 2 heterocycles. The minimum absolute atomic E-state index is 0.0249. The van der Waals surface area contributed by atoms with Gasteiger partial charge in [0, 0.05) is 43.5 Å². The Balaban J connectivity index is 1.66. The maximum absolute atomic E-state index is 11.7. The maximum atomic E-state index is 11.7. The molecule has 1 aliphatic heterocycles. The van der Waals surface area contributed by atoms with Crippen LogP contribution in [-0.4, -0.2) is 42.2 Å². The first-order valence-electron chi connectivity index (χ1n) is 7.57. The molecule has 0 saturated carbocycles. The molecular weight excluding hydrogens is 294 g/mol. The van der Waals surface area contributed by atoms with Gasteiger partial charge >= 0.3 is 0 Å². The highest BCUT2D eigenvalue weighted by atomic mass is 16.5. The van der Waals surface area contributed by atoms with Crippen LogP contribution < -0.4 is 10.1 Å². The van der Waals surface area contributed by atoms with Gasteiger partial charge in [-0.3, -0.25) is 4.79 Å². The summed E-state index contributed by atoms with van der Waals surface area (Å²) >= 11 is 0. The minimum Gasteiger partial charge on any atom is -0.487 e. The zero-order chi connectivity index (χ0) is 16.1. The fraction of sp³-hybridized carbons (Fsp3) is 0.353. The van der Waals surface area contributed by atoms with Crippen molar-refractivity contribution in [3.63, 3.8) is 0 Å². The fourth-order valence-electron chi connectivity index (χ4n) is 2.63. The topological polar surface area (TPSA) is 73.3 Å². The van der Waals surface area contributed by atoms with Crippen molar-refractivity contribution in [2.45, 2.75) is 18.9 Å². The van der Waals surface area contributed by atoms with E-state index in [9.17, 15) is 4.79 Å². The number of carbonyl (C=O) groups excluding carboxylic acids is 1. The Hall–Kier alpha value is -2.47.